The number of ether oxygens (including phenoxy) is 3. The Labute approximate surface area is 142 Å². The van der Waals surface area contributed by atoms with E-state index >= 15 is 0 Å². The first-order chi connectivity index (χ1) is 11.0. The molecule has 0 rings (SSSR count). The second-order valence-corrected chi connectivity index (χ2v) is 6.80. The van der Waals surface area contributed by atoms with E-state index in [0.29, 0.717) is 13.2 Å². The van der Waals surface area contributed by atoms with Crippen LogP contribution in [0.15, 0.2) is 12.7 Å². The summed E-state index contributed by atoms with van der Waals surface area (Å²) in [6.07, 6.45) is 12.0. The fraction of sp³-hybridized carbons (Fsp3) is 0.842. The van der Waals surface area contributed by atoms with Crippen LogP contribution >= 0.6 is 0 Å². The Bertz CT molecular complexity index is 294. The summed E-state index contributed by atoms with van der Waals surface area (Å²) < 4.78 is 15.9. The average molecular weight is 328 g/mol. The van der Waals surface area contributed by atoms with Crippen molar-refractivity contribution in [3.05, 3.63) is 12.7 Å². The van der Waals surface area contributed by atoms with Crippen LogP contribution in [0.2, 0.25) is 0 Å². The smallest absolute Gasteiger partial charge is 0.332 e. The molecule has 0 aliphatic heterocycles. The van der Waals surface area contributed by atoms with Crippen molar-refractivity contribution in [2.75, 3.05) is 26.4 Å². The fourth-order valence-corrected chi connectivity index (χ4v) is 2.12. The third-order valence-electron chi connectivity index (χ3n) is 3.21. The number of hydrogen-bond donors (Lipinski definition) is 0. The van der Waals surface area contributed by atoms with Crippen LogP contribution in [0.4, 0.5) is 0 Å². The van der Waals surface area contributed by atoms with Gasteiger partial charge in [0.05, 0.1) is 13.2 Å². The molecule has 0 aromatic rings. The van der Waals surface area contributed by atoms with Crippen molar-refractivity contribution in [3.63, 3.8) is 0 Å². The molecular weight excluding hydrogens is 292 g/mol. The minimum Gasteiger partial charge on any atom is -0.458 e. The van der Waals surface area contributed by atoms with Crippen molar-refractivity contribution >= 4 is 5.97 Å². The zero-order chi connectivity index (χ0) is 17.4. The van der Waals surface area contributed by atoms with Gasteiger partial charge in [0, 0.05) is 6.61 Å². The van der Waals surface area contributed by atoms with Crippen LogP contribution in [0.1, 0.15) is 72.1 Å². The molecule has 0 spiro atoms. The Balaban J connectivity index is 3.16. The highest BCUT2D eigenvalue weighted by Crippen LogP contribution is 2.09. The zero-order valence-corrected chi connectivity index (χ0v) is 15.4. The lowest BCUT2D eigenvalue weighted by Crippen LogP contribution is -2.27. The van der Waals surface area contributed by atoms with Crippen molar-refractivity contribution in [3.8, 4) is 0 Å². The van der Waals surface area contributed by atoms with Gasteiger partial charge in [0.1, 0.15) is 12.2 Å². The molecule has 0 saturated carbocycles. The molecule has 0 N–H and O–H groups in total. The molecule has 0 saturated heterocycles. The summed E-state index contributed by atoms with van der Waals surface area (Å²) in [5.74, 6) is -0.328. The van der Waals surface area contributed by atoms with Crippen molar-refractivity contribution in [2.24, 2.45) is 0 Å². The van der Waals surface area contributed by atoms with Crippen LogP contribution in [-0.4, -0.2) is 38.0 Å². The number of unbranched alkanes of at least 4 members (excludes halogenated alkanes) is 7. The Kier molecular flexibility index (Phi) is 14.1. The van der Waals surface area contributed by atoms with E-state index in [4.69, 9.17) is 14.2 Å². The van der Waals surface area contributed by atoms with Gasteiger partial charge < -0.3 is 14.2 Å². The summed E-state index contributed by atoms with van der Waals surface area (Å²) >= 11 is 0. The Morgan fingerprint density at radius 3 is 2.04 bits per heavy atom. The van der Waals surface area contributed by atoms with Gasteiger partial charge in [0.2, 0.25) is 0 Å². The van der Waals surface area contributed by atoms with Crippen molar-refractivity contribution < 1.29 is 19.0 Å². The molecule has 0 aliphatic rings. The maximum atomic E-state index is 11.4. The van der Waals surface area contributed by atoms with Gasteiger partial charge in [-0.2, -0.15) is 0 Å². The highest BCUT2D eigenvalue weighted by atomic mass is 16.6. The first-order valence-electron chi connectivity index (χ1n) is 8.94. The number of rotatable bonds is 15. The molecule has 0 radical (unpaired) electrons. The first-order valence-corrected chi connectivity index (χ1v) is 8.94. The van der Waals surface area contributed by atoms with E-state index in [1.807, 2.05) is 26.8 Å². The molecule has 0 fully saturated rings. The van der Waals surface area contributed by atoms with Crippen molar-refractivity contribution in [1.29, 1.82) is 0 Å². The van der Waals surface area contributed by atoms with Gasteiger partial charge >= 0.3 is 5.97 Å². The Morgan fingerprint density at radius 1 is 0.870 bits per heavy atom. The van der Waals surface area contributed by atoms with E-state index in [9.17, 15) is 4.79 Å². The number of hydrogen-bond acceptors (Lipinski definition) is 4. The molecule has 4 nitrogen and oxygen atoms in total. The lowest BCUT2D eigenvalue weighted by Gasteiger charge is -2.19. The summed E-state index contributed by atoms with van der Waals surface area (Å²) in [5, 5.41) is 0. The number of esters is 1. The Hall–Kier alpha value is -0.870. The second-order valence-electron chi connectivity index (χ2n) is 6.80. The summed E-state index contributed by atoms with van der Waals surface area (Å²) in [4.78, 5) is 11.4. The minimum atomic E-state index is -0.456. The fourth-order valence-electron chi connectivity index (χ4n) is 2.12. The van der Waals surface area contributed by atoms with Crippen molar-refractivity contribution in [1.82, 2.24) is 0 Å². The maximum absolute atomic E-state index is 11.4. The minimum absolute atomic E-state index is 0.00746. The molecule has 0 amide bonds. The summed E-state index contributed by atoms with van der Waals surface area (Å²) in [5.41, 5.74) is -0.456. The largest absolute Gasteiger partial charge is 0.458 e. The molecular formula is C19H36O4. The zero-order valence-electron chi connectivity index (χ0n) is 15.4. The lowest BCUT2D eigenvalue weighted by atomic mass is 10.1. The molecule has 0 aromatic carbocycles. The Morgan fingerprint density at radius 2 is 1.43 bits per heavy atom. The van der Waals surface area contributed by atoms with Gasteiger partial charge in [-0.15, -0.1) is 6.58 Å². The molecule has 0 unspecified atom stereocenters. The van der Waals surface area contributed by atoms with Gasteiger partial charge in [-0.1, -0.05) is 38.2 Å². The number of carbonyl (C=O) groups is 1. The predicted octanol–water partition coefficient (Wildman–Crippen LogP) is 4.67. The first kappa shape index (κ1) is 22.1. The highest BCUT2D eigenvalue weighted by Gasteiger charge is 2.15. The van der Waals surface area contributed by atoms with Gasteiger partial charge in [0.15, 0.2) is 0 Å². The molecule has 0 heterocycles. The van der Waals surface area contributed by atoms with Crippen LogP contribution in [0.5, 0.6) is 0 Å². The molecule has 0 bridgehead atoms. The SMILES string of the molecule is C=CCCCCCCCCCOCCOCC(=O)OC(C)(C)C. The van der Waals surface area contributed by atoms with Crippen LogP contribution in [0.25, 0.3) is 0 Å². The molecule has 0 aliphatic carbocycles. The predicted molar refractivity (Wildman–Crippen MR) is 94.6 cm³/mol. The van der Waals surface area contributed by atoms with Crippen LogP contribution in [0, 0.1) is 0 Å². The summed E-state index contributed by atoms with van der Waals surface area (Å²) in [6, 6.07) is 0. The molecule has 136 valence electrons. The van der Waals surface area contributed by atoms with Crippen LogP contribution in [0.3, 0.4) is 0 Å². The number of allylic oxidation sites excluding steroid dienone is 1. The number of carbonyl (C=O) groups excluding carboxylic acids is 1. The standard InChI is InChI=1S/C19H36O4/c1-5-6-7-8-9-10-11-12-13-14-21-15-16-22-17-18(20)23-19(2,3)4/h5H,1,6-17H2,2-4H3. The van der Waals surface area contributed by atoms with Crippen LogP contribution < -0.4 is 0 Å². The molecule has 0 atom stereocenters. The molecule has 4 heteroatoms. The van der Waals surface area contributed by atoms with E-state index in [1.54, 1.807) is 0 Å². The van der Waals surface area contributed by atoms with Gasteiger partial charge in [-0.3, -0.25) is 0 Å². The normalized spacial score (nSPS) is 11.4. The maximum Gasteiger partial charge on any atom is 0.332 e. The van der Waals surface area contributed by atoms with Gasteiger partial charge in [-0.25, -0.2) is 4.79 Å². The van der Waals surface area contributed by atoms with Gasteiger partial charge in [-0.05, 0) is 40.0 Å². The molecule has 23 heavy (non-hydrogen) atoms. The third-order valence-corrected chi connectivity index (χ3v) is 3.21. The highest BCUT2D eigenvalue weighted by molar-refractivity contribution is 5.71. The second kappa shape index (κ2) is 14.7. The van der Waals surface area contributed by atoms with E-state index < -0.39 is 5.60 Å². The van der Waals surface area contributed by atoms with E-state index in [1.165, 1.54) is 38.5 Å². The third kappa shape index (κ3) is 19.1. The van der Waals surface area contributed by atoms with E-state index in [-0.39, 0.29) is 12.6 Å². The average Bonchev–Trinajstić information content (AvgIpc) is 2.46. The quantitative estimate of drug-likeness (QED) is 0.249. The topological polar surface area (TPSA) is 44.8 Å². The van der Waals surface area contributed by atoms with Crippen molar-refractivity contribution in [2.45, 2.75) is 77.7 Å². The van der Waals surface area contributed by atoms with Gasteiger partial charge in [0.25, 0.3) is 0 Å². The van der Waals surface area contributed by atoms with E-state index in [2.05, 4.69) is 6.58 Å². The van der Waals surface area contributed by atoms with E-state index in [0.717, 1.165) is 19.4 Å². The summed E-state index contributed by atoms with van der Waals surface area (Å²) in [6.45, 7) is 11.0. The summed E-state index contributed by atoms with van der Waals surface area (Å²) in [7, 11) is 0. The monoisotopic (exact) mass is 328 g/mol. The lowest BCUT2D eigenvalue weighted by molar-refractivity contribution is -0.160. The molecule has 0 aromatic heterocycles. The van der Waals surface area contributed by atoms with Crippen LogP contribution in [-0.2, 0) is 19.0 Å².